The van der Waals surface area contributed by atoms with Gasteiger partial charge in [-0.25, -0.2) is 4.98 Å². The predicted octanol–water partition coefficient (Wildman–Crippen LogP) is 5.21. The predicted molar refractivity (Wildman–Crippen MR) is 121 cm³/mol. The molecule has 0 saturated carbocycles. The third kappa shape index (κ3) is 3.79. The van der Waals surface area contributed by atoms with Gasteiger partial charge in [0, 0.05) is 22.2 Å². The van der Waals surface area contributed by atoms with Crippen LogP contribution in [0.1, 0.15) is 10.4 Å². The number of nitrogens with one attached hydrogen (secondary N) is 1. The van der Waals surface area contributed by atoms with Crippen molar-refractivity contribution in [2.75, 3.05) is 12.4 Å². The second kappa shape index (κ2) is 8.31. The van der Waals surface area contributed by atoms with Gasteiger partial charge in [-0.3, -0.25) is 4.79 Å². The Balaban J connectivity index is 1.48. The van der Waals surface area contributed by atoms with E-state index in [4.69, 9.17) is 14.1 Å². The van der Waals surface area contributed by atoms with Gasteiger partial charge in [0.2, 0.25) is 12.3 Å². The minimum Gasteiger partial charge on any atom is -0.497 e. The Bertz CT molecular complexity index is 1380. The zero-order valence-electron chi connectivity index (χ0n) is 17.1. The van der Waals surface area contributed by atoms with E-state index < -0.39 is 0 Å². The molecule has 1 N–H and O–H groups in total. The first kappa shape index (κ1) is 19.4. The number of nitrogens with zero attached hydrogens (tertiary/aromatic N) is 3. The largest absolute Gasteiger partial charge is 0.497 e. The quantitative estimate of drug-likeness (QED) is 0.418. The van der Waals surface area contributed by atoms with Crippen molar-refractivity contribution in [1.82, 2.24) is 15.2 Å². The molecule has 7 heteroatoms. The smallest absolute Gasteiger partial charge is 0.256 e. The van der Waals surface area contributed by atoms with Gasteiger partial charge in [0.15, 0.2) is 0 Å². The molecule has 5 rings (SSSR count). The summed E-state index contributed by atoms with van der Waals surface area (Å²) in [6.07, 6.45) is 1.28. The van der Waals surface area contributed by atoms with E-state index in [0.717, 1.165) is 27.8 Å². The number of para-hydroxylation sites is 1. The molecule has 0 aliphatic rings. The maximum absolute atomic E-state index is 13.2. The van der Waals surface area contributed by atoms with Gasteiger partial charge in [-0.15, -0.1) is 10.2 Å². The maximum atomic E-state index is 13.2. The van der Waals surface area contributed by atoms with E-state index in [-0.39, 0.29) is 5.91 Å². The Kier molecular flexibility index (Phi) is 5.05. The monoisotopic (exact) mass is 422 g/mol. The van der Waals surface area contributed by atoms with E-state index in [1.165, 1.54) is 6.39 Å². The van der Waals surface area contributed by atoms with Gasteiger partial charge in [-0.1, -0.05) is 18.2 Å². The number of carbonyl (C=O) groups is 1. The normalized spacial score (nSPS) is 10.8. The zero-order chi connectivity index (χ0) is 21.9. The molecule has 0 atom stereocenters. The van der Waals surface area contributed by atoms with Crippen molar-refractivity contribution < 1.29 is 13.9 Å². The van der Waals surface area contributed by atoms with Crippen molar-refractivity contribution in [1.29, 1.82) is 0 Å². The van der Waals surface area contributed by atoms with Crippen LogP contribution in [0.5, 0.6) is 5.75 Å². The molecule has 5 aromatic rings. The van der Waals surface area contributed by atoms with Crippen molar-refractivity contribution >= 4 is 22.5 Å². The third-order valence-electron chi connectivity index (χ3n) is 5.10. The molecule has 0 fully saturated rings. The van der Waals surface area contributed by atoms with Crippen LogP contribution in [-0.2, 0) is 0 Å². The Morgan fingerprint density at radius 1 is 0.938 bits per heavy atom. The summed E-state index contributed by atoms with van der Waals surface area (Å²) in [6.45, 7) is 0. The fourth-order valence-electron chi connectivity index (χ4n) is 3.47. The number of carbonyl (C=O) groups excluding carboxylic acids is 1. The van der Waals surface area contributed by atoms with Crippen molar-refractivity contribution in [3.63, 3.8) is 0 Å². The summed E-state index contributed by atoms with van der Waals surface area (Å²) in [4.78, 5) is 18.0. The van der Waals surface area contributed by atoms with Gasteiger partial charge in [-0.05, 0) is 60.7 Å². The molecule has 0 radical (unpaired) electrons. The number of fused-ring (bicyclic) bond motifs is 1. The van der Waals surface area contributed by atoms with Crippen molar-refractivity contribution in [2.24, 2.45) is 0 Å². The molecule has 1 amide bonds. The molecule has 0 aliphatic carbocycles. The molecular weight excluding hydrogens is 404 g/mol. The average Bonchev–Trinajstić information content (AvgIpc) is 3.39. The Hall–Kier alpha value is -4.52. The van der Waals surface area contributed by atoms with Crippen LogP contribution in [-0.4, -0.2) is 28.2 Å². The molecule has 2 heterocycles. The fraction of sp³-hybridized carbons (Fsp3) is 0.0400. The highest BCUT2D eigenvalue weighted by Crippen LogP contribution is 2.27. The number of anilines is 1. The van der Waals surface area contributed by atoms with Crippen molar-refractivity contribution in [3.05, 3.63) is 90.8 Å². The highest BCUT2D eigenvalue weighted by atomic mass is 16.5. The second-order valence-electron chi connectivity index (χ2n) is 7.08. The highest BCUT2D eigenvalue weighted by molar-refractivity contribution is 6.13. The van der Waals surface area contributed by atoms with Crippen LogP contribution in [0.3, 0.4) is 0 Å². The summed E-state index contributed by atoms with van der Waals surface area (Å²) < 4.78 is 10.4. The van der Waals surface area contributed by atoms with Gasteiger partial charge in [0.1, 0.15) is 5.75 Å². The van der Waals surface area contributed by atoms with Gasteiger partial charge >= 0.3 is 0 Å². The third-order valence-corrected chi connectivity index (χ3v) is 5.10. The lowest BCUT2D eigenvalue weighted by atomic mass is 10.0. The lowest BCUT2D eigenvalue weighted by Gasteiger charge is -2.11. The SMILES string of the molecule is COc1ccc(-c2cc(C(=O)Nc3ccc(-c4nnco4)cc3)c3ccccc3n2)cc1. The van der Waals surface area contributed by atoms with E-state index in [9.17, 15) is 4.79 Å². The van der Waals surface area contributed by atoms with Gasteiger partial charge in [-0.2, -0.15) is 0 Å². The van der Waals surface area contributed by atoms with Crippen LogP contribution in [0.2, 0.25) is 0 Å². The number of rotatable bonds is 5. The number of hydrogen-bond acceptors (Lipinski definition) is 6. The van der Waals surface area contributed by atoms with E-state index in [2.05, 4.69) is 15.5 Å². The minimum absolute atomic E-state index is 0.219. The first-order valence-electron chi connectivity index (χ1n) is 9.93. The molecule has 32 heavy (non-hydrogen) atoms. The number of ether oxygens (including phenoxy) is 1. The molecule has 2 aromatic heterocycles. The molecular formula is C25H18N4O3. The van der Waals surface area contributed by atoms with Crippen molar-refractivity contribution in [2.45, 2.75) is 0 Å². The van der Waals surface area contributed by atoms with E-state index in [1.807, 2.05) is 66.7 Å². The fourth-order valence-corrected chi connectivity index (χ4v) is 3.47. The molecule has 0 unspecified atom stereocenters. The Labute approximate surface area is 183 Å². The van der Waals surface area contributed by atoms with E-state index in [1.54, 1.807) is 19.2 Å². The summed E-state index contributed by atoms with van der Waals surface area (Å²) in [6, 6.07) is 24.2. The molecule has 156 valence electrons. The average molecular weight is 422 g/mol. The first-order chi connectivity index (χ1) is 15.7. The van der Waals surface area contributed by atoms with Gasteiger partial charge in [0.05, 0.1) is 23.9 Å². The highest BCUT2D eigenvalue weighted by Gasteiger charge is 2.15. The summed E-state index contributed by atoms with van der Waals surface area (Å²) >= 11 is 0. The zero-order valence-corrected chi connectivity index (χ0v) is 17.1. The summed E-state index contributed by atoms with van der Waals surface area (Å²) in [5.74, 6) is 0.965. The lowest BCUT2D eigenvalue weighted by molar-refractivity contribution is 0.102. The molecule has 0 saturated heterocycles. The van der Waals surface area contributed by atoms with Crippen LogP contribution >= 0.6 is 0 Å². The topological polar surface area (TPSA) is 90.1 Å². The van der Waals surface area contributed by atoms with Crippen LogP contribution in [0.4, 0.5) is 5.69 Å². The minimum atomic E-state index is -0.219. The van der Waals surface area contributed by atoms with Crippen LogP contribution in [0.15, 0.2) is 89.7 Å². The van der Waals surface area contributed by atoms with Crippen LogP contribution in [0.25, 0.3) is 33.6 Å². The Morgan fingerprint density at radius 3 is 2.41 bits per heavy atom. The summed E-state index contributed by atoms with van der Waals surface area (Å²) in [7, 11) is 1.63. The Morgan fingerprint density at radius 2 is 1.69 bits per heavy atom. The second-order valence-corrected chi connectivity index (χ2v) is 7.08. The summed E-state index contributed by atoms with van der Waals surface area (Å²) in [5.41, 5.74) is 4.33. The number of benzene rings is 3. The number of aromatic nitrogens is 3. The molecule has 7 nitrogen and oxygen atoms in total. The first-order valence-corrected chi connectivity index (χ1v) is 9.93. The van der Waals surface area contributed by atoms with Crippen LogP contribution in [0, 0.1) is 0 Å². The van der Waals surface area contributed by atoms with E-state index in [0.29, 0.717) is 22.8 Å². The van der Waals surface area contributed by atoms with Gasteiger partial charge < -0.3 is 14.5 Å². The molecule has 0 aliphatic heterocycles. The van der Waals surface area contributed by atoms with Crippen LogP contribution < -0.4 is 10.1 Å². The van der Waals surface area contributed by atoms with Gasteiger partial charge in [0.25, 0.3) is 5.91 Å². The number of hydrogen-bond donors (Lipinski definition) is 1. The molecule has 3 aromatic carbocycles. The van der Waals surface area contributed by atoms with E-state index >= 15 is 0 Å². The maximum Gasteiger partial charge on any atom is 0.256 e. The summed E-state index contributed by atoms with van der Waals surface area (Å²) in [5, 5.41) is 11.3. The van der Waals surface area contributed by atoms with Crippen molar-refractivity contribution in [3.8, 4) is 28.5 Å². The number of amides is 1. The number of pyridine rings is 1. The number of methoxy groups -OCH3 is 1. The standard InChI is InChI=1S/C25H18N4O3/c1-31-19-12-8-16(9-13-19)23-14-21(20-4-2-3-5-22(20)28-23)24(30)27-18-10-6-17(7-11-18)25-29-26-15-32-25/h2-15H,1H3,(H,27,30). The lowest BCUT2D eigenvalue weighted by Crippen LogP contribution is -2.13. The molecule has 0 spiro atoms. The molecule has 0 bridgehead atoms.